The van der Waals surface area contributed by atoms with Gasteiger partial charge in [-0.1, -0.05) is 35.1 Å². The van der Waals surface area contributed by atoms with Crippen molar-refractivity contribution in [3.63, 3.8) is 0 Å². The number of hydrogen-bond donors (Lipinski definition) is 1. The molecule has 2 aromatic carbocycles. The quantitative estimate of drug-likeness (QED) is 0.622. The van der Waals surface area contributed by atoms with Gasteiger partial charge in [-0.3, -0.25) is 9.59 Å². The Balaban J connectivity index is 1.33. The summed E-state index contributed by atoms with van der Waals surface area (Å²) in [6.45, 7) is 2.55. The third-order valence-electron chi connectivity index (χ3n) is 4.68. The number of aromatic nitrogens is 2. The molecule has 1 N–H and O–H groups in total. The van der Waals surface area contributed by atoms with Crippen LogP contribution in [-0.4, -0.2) is 28.6 Å². The Labute approximate surface area is 182 Å². The van der Waals surface area contributed by atoms with Crippen molar-refractivity contribution < 1.29 is 14.3 Å². The van der Waals surface area contributed by atoms with E-state index in [0.29, 0.717) is 27.5 Å². The molecule has 1 fully saturated rings. The largest absolute Gasteiger partial charge is 0.486 e. The molecule has 154 valence electrons. The van der Waals surface area contributed by atoms with Crippen LogP contribution in [0.2, 0.25) is 5.02 Å². The summed E-state index contributed by atoms with van der Waals surface area (Å²) in [5.41, 5.74) is 1.88. The van der Waals surface area contributed by atoms with E-state index in [1.54, 1.807) is 29.2 Å². The highest BCUT2D eigenvalue weighted by Gasteiger charge is 2.35. The van der Waals surface area contributed by atoms with Crippen LogP contribution in [0.1, 0.15) is 17.0 Å². The van der Waals surface area contributed by atoms with Crippen molar-refractivity contribution in [3.8, 4) is 5.75 Å². The zero-order valence-electron chi connectivity index (χ0n) is 16.2. The van der Waals surface area contributed by atoms with Gasteiger partial charge in [0.1, 0.15) is 12.4 Å². The Kier molecular flexibility index (Phi) is 5.96. The van der Waals surface area contributed by atoms with Gasteiger partial charge in [-0.2, -0.15) is 0 Å². The van der Waals surface area contributed by atoms with E-state index in [2.05, 4.69) is 15.5 Å². The first-order valence-corrected chi connectivity index (χ1v) is 10.6. The van der Waals surface area contributed by atoms with E-state index < -0.39 is 5.92 Å². The molecule has 3 aromatic rings. The van der Waals surface area contributed by atoms with Crippen molar-refractivity contribution in [2.24, 2.45) is 5.92 Å². The fourth-order valence-corrected chi connectivity index (χ4v) is 3.96. The number of hydrogen-bond acceptors (Lipinski definition) is 6. The van der Waals surface area contributed by atoms with Crippen LogP contribution in [-0.2, 0) is 16.2 Å². The topological polar surface area (TPSA) is 84.4 Å². The lowest BCUT2D eigenvalue weighted by Gasteiger charge is -2.17. The van der Waals surface area contributed by atoms with Crippen LogP contribution in [0.3, 0.4) is 0 Å². The Morgan fingerprint density at radius 1 is 1.27 bits per heavy atom. The predicted molar refractivity (Wildman–Crippen MR) is 116 cm³/mol. The molecule has 1 aliphatic rings. The van der Waals surface area contributed by atoms with E-state index in [0.717, 1.165) is 11.3 Å². The number of amides is 2. The molecule has 1 aliphatic heterocycles. The first kappa shape index (κ1) is 20.3. The number of ether oxygens (including phenoxy) is 1. The van der Waals surface area contributed by atoms with Gasteiger partial charge in [-0.15, -0.1) is 10.2 Å². The minimum Gasteiger partial charge on any atom is -0.486 e. The summed E-state index contributed by atoms with van der Waals surface area (Å²) in [4.78, 5) is 26.7. The standard InChI is InChI=1S/C21H19ClN4O3S/c1-13-3-2-4-16(9-13)26-11-14(10-19(26)27)20(28)23-21-25-24-18(30-21)12-29-17-7-5-15(22)6-8-17/h2-9,14H,10-12H2,1H3,(H,23,25,28). The molecule has 0 saturated carbocycles. The highest BCUT2D eigenvalue weighted by Crippen LogP contribution is 2.27. The lowest BCUT2D eigenvalue weighted by Crippen LogP contribution is -2.28. The molecule has 1 aromatic heterocycles. The van der Waals surface area contributed by atoms with E-state index in [9.17, 15) is 9.59 Å². The van der Waals surface area contributed by atoms with Crippen LogP contribution in [0.15, 0.2) is 48.5 Å². The fraction of sp³-hybridized carbons (Fsp3) is 0.238. The van der Waals surface area contributed by atoms with E-state index in [1.807, 2.05) is 31.2 Å². The number of carbonyl (C=O) groups is 2. The second kappa shape index (κ2) is 8.81. The highest BCUT2D eigenvalue weighted by molar-refractivity contribution is 7.15. The Bertz CT molecular complexity index is 1070. The number of anilines is 2. The van der Waals surface area contributed by atoms with Gasteiger partial charge in [0.25, 0.3) is 0 Å². The second-order valence-corrected chi connectivity index (χ2v) is 8.48. The molecule has 30 heavy (non-hydrogen) atoms. The predicted octanol–water partition coefficient (Wildman–Crippen LogP) is 4.07. The van der Waals surface area contributed by atoms with Crippen molar-refractivity contribution >= 4 is 45.6 Å². The van der Waals surface area contributed by atoms with Crippen LogP contribution in [0.4, 0.5) is 10.8 Å². The highest BCUT2D eigenvalue weighted by atomic mass is 35.5. The molecular weight excluding hydrogens is 424 g/mol. The van der Waals surface area contributed by atoms with Crippen LogP contribution in [0.5, 0.6) is 5.75 Å². The van der Waals surface area contributed by atoms with Gasteiger partial charge in [-0.05, 0) is 48.9 Å². The van der Waals surface area contributed by atoms with E-state index in [1.165, 1.54) is 11.3 Å². The summed E-state index contributed by atoms with van der Waals surface area (Å²) in [7, 11) is 0. The molecule has 0 spiro atoms. The number of rotatable bonds is 6. The van der Waals surface area contributed by atoms with Crippen molar-refractivity contribution in [2.75, 3.05) is 16.8 Å². The maximum atomic E-state index is 12.6. The first-order valence-electron chi connectivity index (χ1n) is 9.36. The zero-order chi connectivity index (χ0) is 21.1. The molecule has 0 radical (unpaired) electrons. The lowest BCUT2D eigenvalue weighted by atomic mass is 10.1. The number of benzene rings is 2. The minimum absolute atomic E-state index is 0.0601. The zero-order valence-corrected chi connectivity index (χ0v) is 17.7. The molecular formula is C21H19ClN4O3S. The van der Waals surface area contributed by atoms with Crippen molar-refractivity contribution in [2.45, 2.75) is 20.0 Å². The molecule has 4 rings (SSSR count). The second-order valence-electron chi connectivity index (χ2n) is 6.98. The van der Waals surface area contributed by atoms with Crippen LogP contribution in [0, 0.1) is 12.8 Å². The lowest BCUT2D eigenvalue weighted by molar-refractivity contribution is -0.122. The van der Waals surface area contributed by atoms with Gasteiger partial charge in [0.2, 0.25) is 16.9 Å². The Hall–Kier alpha value is -2.97. The van der Waals surface area contributed by atoms with Gasteiger partial charge < -0.3 is 15.0 Å². The normalized spacial score (nSPS) is 16.0. The average Bonchev–Trinajstić information content (AvgIpc) is 3.34. The monoisotopic (exact) mass is 442 g/mol. The van der Waals surface area contributed by atoms with Crippen molar-refractivity contribution in [3.05, 3.63) is 64.1 Å². The Morgan fingerprint density at radius 2 is 2.07 bits per heavy atom. The molecule has 7 nitrogen and oxygen atoms in total. The maximum Gasteiger partial charge on any atom is 0.231 e. The number of aryl methyl sites for hydroxylation is 1. The summed E-state index contributed by atoms with van der Waals surface area (Å²) in [6, 6.07) is 14.7. The van der Waals surface area contributed by atoms with Crippen LogP contribution in [0.25, 0.3) is 0 Å². The van der Waals surface area contributed by atoms with Gasteiger partial charge in [0, 0.05) is 23.7 Å². The number of nitrogens with one attached hydrogen (secondary N) is 1. The molecule has 0 bridgehead atoms. The van der Waals surface area contributed by atoms with Crippen molar-refractivity contribution in [1.82, 2.24) is 10.2 Å². The third-order valence-corrected chi connectivity index (χ3v) is 5.75. The van der Waals surface area contributed by atoms with Gasteiger partial charge in [0.05, 0.1) is 5.92 Å². The van der Waals surface area contributed by atoms with Gasteiger partial charge >= 0.3 is 0 Å². The smallest absolute Gasteiger partial charge is 0.231 e. The van der Waals surface area contributed by atoms with Crippen LogP contribution < -0.4 is 15.0 Å². The SMILES string of the molecule is Cc1cccc(N2CC(C(=O)Nc3nnc(COc4ccc(Cl)cc4)s3)CC2=O)c1. The van der Waals surface area contributed by atoms with E-state index in [4.69, 9.17) is 16.3 Å². The molecule has 9 heteroatoms. The summed E-state index contributed by atoms with van der Waals surface area (Å²) in [6.07, 6.45) is 0.172. The van der Waals surface area contributed by atoms with Crippen molar-refractivity contribution in [1.29, 1.82) is 0 Å². The summed E-state index contributed by atoms with van der Waals surface area (Å²) in [5.74, 6) is -0.0635. The summed E-state index contributed by atoms with van der Waals surface area (Å²) in [5, 5.41) is 12.5. The maximum absolute atomic E-state index is 12.6. The van der Waals surface area contributed by atoms with Gasteiger partial charge in [-0.25, -0.2) is 0 Å². The number of halogens is 1. The molecule has 1 saturated heterocycles. The fourth-order valence-electron chi connectivity index (χ4n) is 3.17. The van der Waals surface area contributed by atoms with Gasteiger partial charge in [0.15, 0.2) is 5.01 Å². The molecule has 1 atom stereocenters. The summed E-state index contributed by atoms with van der Waals surface area (Å²) < 4.78 is 5.64. The average molecular weight is 443 g/mol. The third kappa shape index (κ3) is 4.77. The summed E-state index contributed by atoms with van der Waals surface area (Å²) >= 11 is 7.09. The minimum atomic E-state index is -0.435. The number of nitrogens with zero attached hydrogens (tertiary/aromatic N) is 3. The van der Waals surface area contributed by atoms with E-state index >= 15 is 0 Å². The van der Waals surface area contributed by atoms with E-state index in [-0.39, 0.29) is 24.8 Å². The molecule has 1 unspecified atom stereocenters. The Morgan fingerprint density at radius 3 is 2.83 bits per heavy atom. The van der Waals surface area contributed by atoms with Crippen LogP contribution >= 0.6 is 22.9 Å². The number of carbonyl (C=O) groups excluding carboxylic acids is 2. The molecule has 0 aliphatic carbocycles. The first-order chi connectivity index (χ1) is 14.5. The molecule has 2 amide bonds. The molecule has 2 heterocycles.